The number of aliphatic hydroxyl groups is 2. The number of amides is 1. The zero-order chi connectivity index (χ0) is 35.2. The van der Waals surface area contributed by atoms with Gasteiger partial charge in [0.25, 0.3) is 5.91 Å². The molecule has 1 aromatic carbocycles. The molecule has 48 heavy (non-hydrogen) atoms. The Labute approximate surface area is 289 Å². The molecule has 242 valence electrons. The fourth-order valence-electron chi connectivity index (χ4n) is 6.65. The molecule has 3 fully saturated rings. The first-order chi connectivity index (χ1) is 22.5. The van der Waals surface area contributed by atoms with Crippen LogP contribution in [-0.4, -0.2) is 157 Å². The molecule has 2 unspecified atom stereocenters. The van der Waals surface area contributed by atoms with Crippen LogP contribution in [0.2, 0.25) is 0 Å². The summed E-state index contributed by atoms with van der Waals surface area (Å²) in [4.78, 5) is 25.7. The first-order valence-electron chi connectivity index (χ1n) is 15.9. The van der Waals surface area contributed by atoms with Crippen LogP contribution < -0.4 is 26.0 Å². The van der Waals surface area contributed by atoms with Crippen molar-refractivity contribution in [3.8, 4) is 5.75 Å². The summed E-state index contributed by atoms with van der Waals surface area (Å²) in [5.74, 6) is 0.627. The van der Waals surface area contributed by atoms with Crippen molar-refractivity contribution in [2.75, 3.05) is 56.0 Å². The van der Waals surface area contributed by atoms with Crippen LogP contribution in [0.25, 0.3) is 0 Å². The number of benzene rings is 1. The number of rotatable bonds is 9. The summed E-state index contributed by atoms with van der Waals surface area (Å²) in [6.07, 6.45) is 2.95. The van der Waals surface area contributed by atoms with Crippen molar-refractivity contribution in [2.45, 2.75) is 73.0 Å². The monoisotopic (exact) mass is 644 g/mol. The smallest absolute Gasteiger partial charge is 0.271 e. The first kappa shape index (κ1) is 36.4. The van der Waals surface area contributed by atoms with E-state index in [9.17, 15) is 15.0 Å². The van der Waals surface area contributed by atoms with Gasteiger partial charge in [0.05, 0.1) is 61.1 Å². The van der Waals surface area contributed by atoms with E-state index in [-0.39, 0.29) is 17.6 Å². The highest BCUT2D eigenvalue weighted by Gasteiger charge is 2.63. The minimum absolute atomic E-state index is 0.0241. The molecule has 0 bridgehead atoms. The number of piperidine rings is 1. The number of carbonyl (C=O) groups is 1. The quantitative estimate of drug-likeness (QED) is 0.198. The van der Waals surface area contributed by atoms with Crippen molar-refractivity contribution < 1.29 is 24.5 Å². The fraction of sp³-hybridized carbons (Fsp3) is 0.621. The van der Waals surface area contributed by atoms with Gasteiger partial charge in [-0.05, 0) is 62.0 Å². The van der Waals surface area contributed by atoms with E-state index in [1.54, 1.807) is 13.2 Å². The minimum Gasteiger partial charge on any atom is -0.495 e. The minimum atomic E-state index is -2.51. The second kappa shape index (κ2) is 13.5. The van der Waals surface area contributed by atoms with E-state index in [0.29, 0.717) is 68.5 Å². The molecule has 5 rings (SSSR count). The molecule has 2 atom stereocenters. The van der Waals surface area contributed by atoms with E-state index in [0.717, 1.165) is 28.3 Å². The summed E-state index contributed by atoms with van der Waals surface area (Å²) in [6, 6.07) is 5.03. The van der Waals surface area contributed by atoms with Crippen LogP contribution >= 0.6 is 0 Å². The molecule has 3 aliphatic heterocycles. The van der Waals surface area contributed by atoms with Crippen LogP contribution in [0.1, 0.15) is 48.8 Å². The van der Waals surface area contributed by atoms with Gasteiger partial charge in [0, 0.05) is 50.1 Å². The highest BCUT2D eigenvalue weighted by Crippen LogP contribution is 2.45. The van der Waals surface area contributed by atoms with Crippen molar-refractivity contribution >= 4 is 76.0 Å². The number of ether oxygens (including phenoxy) is 2. The molecular formula is C29H38B6N8O5. The van der Waals surface area contributed by atoms with Crippen LogP contribution in [0.4, 0.5) is 23.0 Å². The molecule has 12 radical (unpaired) electrons. The van der Waals surface area contributed by atoms with Crippen molar-refractivity contribution in [3.05, 3.63) is 29.6 Å². The van der Waals surface area contributed by atoms with Crippen LogP contribution in [0.5, 0.6) is 5.75 Å². The molecule has 4 heterocycles. The van der Waals surface area contributed by atoms with Gasteiger partial charge in [0.1, 0.15) is 21.4 Å². The normalized spacial score (nSPS) is 27.0. The number of methoxy groups -OCH3 is 1. The van der Waals surface area contributed by atoms with Gasteiger partial charge >= 0.3 is 0 Å². The van der Waals surface area contributed by atoms with Crippen LogP contribution in [-0.2, 0) is 11.2 Å². The molecule has 3 aliphatic rings. The molecule has 2 aromatic rings. The molecule has 0 aliphatic carbocycles. The summed E-state index contributed by atoms with van der Waals surface area (Å²) in [5, 5.41) is 25.0. The Morgan fingerprint density at radius 1 is 1.02 bits per heavy atom. The summed E-state index contributed by atoms with van der Waals surface area (Å²) < 4.78 is 11.2. The number of likely N-dealkylation sites (N-methyl/N-ethyl adjacent to an activating group) is 1. The van der Waals surface area contributed by atoms with Crippen molar-refractivity contribution in [1.82, 2.24) is 19.8 Å². The Hall–Kier alpha value is -2.84. The second-order valence-corrected chi connectivity index (χ2v) is 12.7. The number of nitrogens with one attached hydrogen (secondary N) is 2. The van der Waals surface area contributed by atoms with Crippen molar-refractivity contribution in [3.63, 3.8) is 0 Å². The largest absolute Gasteiger partial charge is 0.495 e. The second-order valence-electron chi connectivity index (χ2n) is 12.7. The number of hydrogen-bond acceptors (Lipinski definition) is 12. The summed E-state index contributed by atoms with van der Waals surface area (Å²) in [7, 11) is 40.1. The first-order valence-corrected chi connectivity index (χ1v) is 15.9. The van der Waals surface area contributed by atoms with Gasteiger partial charge in [0.15, 0.2) is 17.3 Å². The number of primary amides is 1. The molecule has 1 amide bonds. The molecule has 0 spiro atoms. The van der Waals surface area contributed by atoms with Gasteiger partial charge < -0.3 is 45.9 Å². The third kappa shape index (κ3) is 6.32. The lowest BCUT2D eigenvalue weighted by atomic mass is 9.38. The molecular weight excluding hydrogens is 605 g/mol. The number of carbonyl (C=O) groups excluding carboxylic acids is 1. The molecule has 3 saturated heterocycles. The Morgan fingerprint density at radius 2 is 1.62 bits per heavy atom. The van der Waals surface area contributed by atoms with Crippen LogP contribution in [0.15, 0.2) is 18.2 Å². The maximum absolute atomic E-state index is 12.4. The summed E-state index contributed by atoms with van der Waals surface area (Å²) in [6.45, 7) is 4.13. The fourth-order valence-corrected chi connectivity index (χ4v) is 6.65. The number of aryl methyl sites for hydroxylation is 1. The Bertz CT molecular complexity index is 1480. The summed E-state index contributed by atoms with van der Waals surface area (Å²) in [5.41, 5.74) is 2.72. The lowest BCUT2D eigenvalue weighted by Gasteiger charge is -2.73. The topological polar surface area (TPSA) is 162 Å². The Balaban J connectivity index is 1.36. The van der Waals surface area contributed by atoms with Crippen LogP contribution in [0, 0.1) is 0 Å². The van der Waals surface area contributed by atoms with Gasteiger partial charge in [-0.2, -0.15) is 0 Å². The van der Waals surface area contributed by atoms with E-state index in [2.05, 4.69) is 20.5 Å². The third-order valence-electron chi connectivity index (χ3n) is 9.73. The lowest BCUT2D eigenvalue weighted by molar-refractivity contribution is -0.253. The number of anilines is 4. The summed E-state index contributed by atoms with van der Waals surface area (Å²) >= 11 is 0. The molecule has 19 heteroatoms. The van der Waals surface area contributed by atoms with Crippen molar-refractivity contribution in [1.29, 1.82) is 0 Å². The molecule has 0 saturated carbocycles. The van der Waals surface area contributed by atoms with Crippen LogP contribution in [0.3, 0.4) is 0 Å². The third-order valence-corrected chi connectivity index (χ3v) is 9.73. The average molecular weight is 644 g/mol. The number of aromatic nitrogens is 2. The van der Waals surface area contributed by atoms with Gasteiger partial charge in [-0.25, -0.2) is 9.97 Å². The maximum Gasteiger partial charge on any atom is 0.271 e. The number of nitrogens with two attached hydrogens (primary N) is 1. The highest BCUT2D eigenvalue weighted by atomic mass is 16.5. The van der Waals surface area contributed by atoms with Gasteiger partial charge in [-0.3, -0.25) is 9.69 Å². The predicted molar refractivity (Wildman–Crippen MR) is 188 cm³/mol. The Kier molecular flexibility index (Phi) is 10.2. The predicted octanol–water partition coefficient (Wildman–Crippen LogP) is -1.69. The average Bonchev–Trinajstić information content (AvgIpc) is 3.04. The van der Waals surface area contributed by atoms with E-state index >= 15 is 0 Å². The highest BCUT2D eigenvalue weighted by molar-refractivity contribution is 6.50. The van der Waals surface area contributed by atoms with Crippen molar-refractivity contribution in [2.24, 2.45) is 5.73 Å². The van der Waals surface area contributed by atoms with E-state index in [4.69, 9.17) is 67.3 Å². The van der Waals surface area contributed by atoms with Gasteiger partial charge in [-0.15, -0.1) is 0 Å². The van der Waals surface area contributed by atoms with Gasteiger partial charge in [0.2, 0.25) is 0 Å². The lowest BCUT2D eigenvalue weighted by Crippen LogP contribution is -2.92. The molecule has 6 N–H and O–H groups in total. The Morgan fingerprint density at radius 3 is 2.17 bits per heavy atom. The zero-order valence-electron chi connectivity index (χ0n) is 27.6. The molecule has 1 aromatic heterocycles. The zero-order valence-corrected chi connectivity index (χ0v) is 27.6. The SMILES string of the molecule is [B]C1([B])N(C)C([B])([B])C([B])(O)N(C2CCN(c3ccc(Nc4nc(NC5CCOCC5)c(CC)nc4C(N)=O)cc3OC)CC2)C1([B])O. The maximum atomic E-state index is 12.4. The molecule has 13 nitrogen and oxygen atoms in total. The van der Waals surface area contributed by atoms with E-state index in [1.807, 2.05) is 19.1 Å². The number of hydrogen-bond donors (Lipinski definition) is 5. The van der Waals surface area contributed by atoms with Gasteiger partial charge in [-0.1, -0.05) is 6.92 Å². The number of piperazine rings is 1. The van der Waals surface area contributed by atoms with E-state index in [1.165, 1.54) is 7.05 Å². The standard InChI is InChI=1S/C29H38B6N8O5/c1-4-19-24(37-16-9-13-48-14-10-16)40-25(22(39-19)23(36)44)38-17-5-6-20(21(15-17)47-3)42-11-7-18(8-12-42)43-28(34,45)26(30,31)41(2)27(32,33)29(43,35)46/h5-6,15-16,18,45-46H,4,7-14H2,1-3H3,(H2,36,44)(H2,37,38,40). The number of nitrogens with zero attached hydrogens (tertiary/aromatic N) is 5. The van der Waals surface area contributed by atoms with E-state index < -0.39 is 33.9 Å².